The number of hydrogen-bond acceptors (Lipinski definition) is 4. The van der Waals surface area contributed by atoms with E-state index in [1.807, 2.05) is 11.8 Å². The maximum atomic E-state index is 13.7. The van der Waals surface area contributed by atoms with Gasteiger partial charge in [0.2, 0.25) is 0 Å². The highest BCUT2D eigenvalue weighted by Crippen LogP contribution is 2.39. The van der Waals surface area contributed by atoms with Crippen LogP contribution in [-0.2, 0) is 4.74 Å². The lowest BCUT2D eigenvalue weighted by atomic mass is 9.90. The van der Waals surface area contributed by atoms with Gasteiger partial charge in [0, 0.05) is 24.6 Å². The van der Waals surface area contributed by atoms with Crippen LogP contribution < -0.4 is 5.32 Å². The molecule has 1 aromatic heterocycles. The fourth-order valence-corrected chi connectivity index (χ4v) is 4.25. The zero-order valence-corrected chi connectivity index (χ0v) is 12.1. The summed E-state index contributed by atoms with van der Waals surface area (Å²) in [6, 6.07) is 1.51. The second-order valence-corrected chi connectivity index (χ2v) is 6.69. The fraction of sp³-hybridized carbons (Fsp3) is 0.615. The summed E-state index contributed by atoms with van der Waals surface area (Å²) in [6.07, 6.45) is 4.36. The summed E-state index contributed by atoms with van der Waals surface area (Å²) in [6.45, 7) is 0.730. The van der Waals surface area contributed by atoms with Gasteiger partial charge in [0.1, 0.15) is 0 Å². The van der Waals surface area contributed by atoms with Crippen molar-refractivity contribution in [3.05, 3.63) is 23.1 Å². The van der Waals surface area contributed by atoms with Crippen LogP contribution in [0.4, 0.5) is 10.2 Å². The van der Waals surface area contributed by atoms with Gasteiger partial charge in [-0.25, -0.2) is 9.37 Å². The molecule has 0 radical (unpaired) electrons. The fourth-order valence-electron chi connectivity index (χ4n) is 2.73. The van der Waals surface area contributed by atoms with Gasteiger partial charge < -0.3 is 10.1 Å². The Morgan fingerprint density at radius 2 is 2.47 bits per heavy atom. The quantitative estimate of drug-likeness (QED) is 0.908. The molecule has 6 heteroatoms. The molecule has 0 aromatic carbocycles. The molecular formula is C13H16ClFN2OS. The molecule has 3 nitrogen and oxygen atoms in total. The van der Waals surface area contributed by atoms with Gasteiger partial charge in [-0.1, -0.05) is 11.6 Å². The van der Waals surface area contributed by atoms with E-state index < -0.39 is 5.82 Å². The monoisotopic (exact) mass is 302 g/mol. The summed E-state index contributed by atoms with van der Waals surface area (Å²) in [7, 11) is 0. The maximum Gasteiger partial charge on any atom is 0.166 e. The number of anilines is 1. The first-order chi connectivity index (χ1) is 9.17. The highest BCUT2D eigenvalue weighted by molar-refractivity contribution is 7.99. The molecule has 19 heavy (non-hydrogen) atoms. The number of halogens is 2. The topological polar surface area (TPSA) is 34.2 Å². The first-order valence-electron chi connectivity index (χ1n) is 6.46. The van der Waals surface area contributed by atoms with Gasteiger partial charge in [0.15, 0.2) is 11.6 Å². The van der Waals surface area contributed by atoms with Crippen LogP contribution in [0.3, 0.4) is 0 Å². The molecule has 104 valence electrons. The van der Waals surface area contributed by atoms with Crippen molar-refractivity contribution in [2.24, 2.45) is 0 Å². The van der Waals surface area contributed by atoms with Crippen molar-refractivity contribution >= 4 is 29.2 Å². The van der Waals surface area contributed by atoms with Crippen LogP contribution in [-0.4, -0.2) is 34.7 Å². The molecule has 1 aromatic rings. The smallest absolute Gasteiger partial charge is 0.166 e. The van der Waals surface area contributed by atoms with Gasteiger partial charge in [-0.3, -0.25) is 0 Å². The maximum absolute atomic E-state index is 13.7. The Balaban J connectivity index is 1.69. The van der Waals surface area contributed by atoms with E-state index in [2.05, 4.69) is 10.3 Å². The molecule has 2 saturated heterocycles. The van der Waals surface area contributed by atoms with Crippen LogP contribution in [0.15, 0.2) is 12.3 Å². The first kappa shape index (κ1) is 13.5. The zero-order chi connectivity index (χ0) is 13.3. The molecule has 2 aliphatic heterocycles. The minimum Gasteiger partial charge on any atom is -0.374 e. The van der Waals surface area contributed by atoms with Gasteiger partial charge in [-0.05, 0) is 31.1 Å². The SMILES string of the molecule is Fc1cc(Cl)cnc1N[C@H]1CCO[C@@]2(CCSC2)C1. The van der Waals surface area contributed by atoms with Crippen LogP contribution in [0, 0.1) is 5.82 Å². The number of nitrogens with zero attached hydrogens (tertiary/aromatic N) is 1. The van der Waals surface area contributed by atoms with Crippen molar-refractivity contribution in [2.75, 3.05) is 23.4 Å². The summed E-state index contributed by atoms with van der Waals surface area (Å²) in [4.78, 5) is 4.02. The van der Waals surface area contributed by atoms with Crippen molar-refractivity contribution < 1.29 is 9.13 Å². The minimum atomic E-state index is -0.395. The van der Waals surface area contributed by atoms with Crippen LogP contribution in [0.2, 0.25) is 5.02 Å². The second kappa shape index (κ2) is 5.46. The molecule has 0 bridgehead atoms. The van der Waals surface area contributed by atoms with Crippen LogP contribution in [0.1, 0.15) is 19.3 Å². The summed E-state index contributed by atoms with van der Waals surface area (Å²) < 4.78 is 19.7. The van der Waals surface area contributed by atoms with Gasteiger partial charge in [0.05, 0.1) is 10.6 Å². The molecule has 0 aliphatic carbocycles. The number of rotatable bonds is 2. The number of ether oxygens (including phenoxy) is 1. The normalized spacial score (nSPS) is 30.7. The third-order valence-corrected chi connectivity index (χ3v) is 5.14. The van der Waals surface area contributed by atoms with Crippen LogP contribution in [0.5, 0.6) is 0 Å². The number of thioether (sulfide) groups is 1. The Kier molecular flexibility index (Phi) is 3.87. The van der Waals surface area contributed by atoms with Crippen LogP contribution >= 0.6 is 23.4 Å². The van der Waals surface area contributed by atoms with E-state index in [9.17, 15) is 4.39 Å². The lowest BCUT2D eigenvalue weighted by Gasteiger charge is -2.38. The standard InChI is InChI=1S/C13H16ClFN2OS/c14-9-5-11(15)12(16-7-9)17-10-1-3-18-13(6-10)2-4-19-8-13/h5,7,10H,1-4,6,8H2,(H,16,17)/t10-,13-/m0/s1. The summed E-state index contributed by atoms with van der Waals surface area (Å²) in [5, 5.41) is 3.51. The average molecular weight is 303 g/mol. The molecular weight excluding hydrogens is 287 g/mol. The predicted octanol–water partition coefficient (Wildman–Crippen LogP) is 3.34. The van der Waals surface area contributed by atoms with Crippen LogP contribution in [0.25, 0.3) is 0 Å². The molecule has 2 fully saturated rings. The number of aromatic nitrogens is 1. The summed E-state index contributed by atoms with van der Waals surface area (Å²) in [5.41, 5.74) is -0.0104. The van der Waals surface area contributed by atoms with E-state index in [1.165, 1.54) is 12.3 Å². The van der Waals surface area contributed by atoms with E-state index in [-0.39, 0.29) is 17.5 Å². The molecule has 0 amide bonds. The molecule has 0 unspecified atom stereocenters. The van der Waals surface area contributed by atoms with Crippen molar-refractivity contribution in [1.29, 1.82) is 0 Å². The predicted molar refractivity (Wildman–Crippen MR) is 76.5 cm³/mol. The van der Waals surface area contributed by atoms with Gasteiger partial charge in [-0.15, -0.1) is 0 Å². The van der Waals surface area contributed by atoms with Gasteiger partial charge in [-0.2, -0.15) is 11.8 Å². The molecule has 0 saturated carbocycles. The van der Waals surface area contributed by atoms with Gasteiger partial charge >= 0.3 is 0 Å². The highest BCUT2D eigenvalue weighted by atomic mass is 35.5. The highest BCUT2D eigenvalue weighted by Gasteiger charge is 2.40. The van der Waals surface area contributed by atoms with Crippen molar-refractivity contribution in [1.82, 2.24) is 4.98 Å². The van der Waals surface area contributed by atoms with Crippen molar-refractivity contribution in [3.63, 3.8) is 0 Å². The lowest BCUT2D eigenvalue weighted by Crippen LogP contribution is -2.44. The van der Waals surface area contributed by atoms with Crippen molar-refractivity contribution in [2.45, 2.75) is 30.9 Å². The Labute approximate surface area is 121 Å². The second-order valence-electron chi connectivity index (χ2n) is 5.15. The lowest BCUT2D eigenvalue weighted by molar-refractivity contribution is -0.0628. The van der Waals surface area contributed by atoms with E-state index in [4.69, 9.17) is 16.3 Å². The summed E-state index contributed by atoms with van der Waals surface area (Å²) in [5.74, 6) is 2.09. The molecule has 3 rings (SSSR count). The average Bonchev–Trinajstić information content (AvgIpc) is 2.81. The largest absolute Gasteiger partial charge is 0.374 e. The zero-order valence-electron chi connectivity index (χ0n) is 10.5. The Bertz CT molecular complexity index is 468. The van der Waals surface area contributed by atoms with Crippen molar-refractivity contribution in [3.8, 4) is 0 Å². The number of hydrogen-bond donors (Lipinski definition) is 1. The Hall–Kier alpha value is -0.520. The summed E-state index contributed by atoms with van der Waals surface area (Å²) >= 11 is 7.64. The van der Waals surface area contributed by atoms with E-state index in [1.54, 1.807) is 0 Å². The molecule has 1 spiro atoms. The third-order valence-electron chi connectivity index (χ3n) is 3.71. The molecule has 1 N–H and O–H groups in total. The molecule has 2 atom stereocenters. The Morgan fingerprint density at radius 3 is 3.21 bits per heavy atom. The van der Waals surface area contributed by atoms with Gasteiger partial charge in [0.25, 0.3) is 0 Å². The molecule has 2 aliphatic rings. The Morgan fingerprint density at radius 1 is 1.58 bits per heavy atom. The number of pyridine rings is 1. The van der Waals surface area contributed by atoms with E-state index >= 15 is 0 Å². The molecule has 3 heterocycles. The minimum absolute atomic E-state index is 0.0104. The number of nitrogens with one attached hydrogen (secondary N) is 1. The van der Waals surface area contributed by atoms with E-state index in [0.29, 0.717) is 5.02 Å². The first-order valence-corrected chi connectivity index (χ1v) is 7.99. The van der Waals surface area contributed by atoms with E-state index in [0.717, 1.165) is 37.4 Å². The third kappa shape index (κ3) is 2.98.